The van der Waals surface area contributed by atoms with Gasteiger partial charge in [-0.2, -0.15) is 0 Å². The van der Waals surface area contributed by atoms with Crippen LogP contribution in [0.5, 0.6) is 0 Å². The van der Waals surface area contributed by atoms with E-state index in [-0.39, 0.29) is 0 Å². The zero-order chi connectivity index (χ0) is 9.90. The molecule has 0 bridgehead atoms. The first-order valence-corrected chi connectivity index (χ1v) is 6.15. The van der Waals surface area contributed by atoms with E-state index in [0.29, 0.717) is 0 Å². The molecule has 2 saturated heterocycles. The minimum atomic E-state index is 1.00. The largest absolute Gasteiger partial charge is 0.381 e. The van der Waals surface area contributed by atoms with Crippen LogP contribution in [0, 0.1) is 0 Å². The van der Waals surface area contributed by atoms with Gasteiger partial charge in [0.1, 0.15) is 0 Å². The molecular formula is C12H24O2. The summed E-state index contributed by atoms with van der Waals surface area (Å²) in [4.78, 5) is 0. The van der Waals surface area contributed by atoms with Crippen LogP contribution in [0.25, 0.3) is 0 Å². The van der Waals surface area contributed by atoms with Crippen LogP contribution in [0.2, 0.25) is 0 Å². The third kappa shape index (κ3) is 7.34. The van der Waals surface area contributed by atoms with Crippen molar-refractivity contribution in [1.82, 2.24) is 0 Å². The average Bonchev–Trinajstić information content (AvgIpc) is 2.82. The number of hydrogen-bond acceptors (Lipinski definition) is 2. The molecule has 0 N–H and O–H groups in total. The Labute approximate surface area is 88.0 Å². The summed E-state index contributed by atoms with van der Waals surface area (Å²) in [6, 6.07) is 0. The molecule has 2 aliphatic rings. The van der Waals surface area contributed by atoms with Crippen molar-refractivity contribution in [2.75, 3.05) is 26.4 Å². The SMILES string of the molecule is C1CCCCOCCC1.C1CCOC1. The summed E-state index contributed by atoms with van der Waals surface area (Å²) in [6.45, 7) is 4.00. The quantitative estimate of drug-likeness (QED) is 0.598. The van der Waals surface area contributed by atoms with Gasteiger partial charge in [0.25, 0.3) is 0 Å². The molecule has 2 rings (SSSR count). The molecule has 0 aromatic heterocycles. The first-order chi connectivity index (χ1) is 7.00. The summed E-state index contributed by atoms with van der Waals surface area (Å²) in [5, 5.41) is 0. The van der Waals surface area contributed by atoms with E-state index in [4.69, 9.17) is 9.47 Å². The van der Waals surface area contributed by atoms with Gasteiger partial charge in [0.2, 0.25) is 0 Å². The van der Waals surface area contributed by atoms with E-state index in [1.54, 1.807) is 0 Å². The maximum atomic E-state index is 5.35. The van der Waals surface area contributed by atoms with Crippen molar-refractivity contribution in [3.63, 3.8) is 0 Å². The second-order valence-corrected chi connectivity index (χ2v) is 4.05. The minimum absolute atomic E-state index is 1.00. The van der Waals surface area contributed by atoms with Gasteiger partial charge in [-0.3, -0.25) is 0 Å². The molecule has 84 valence electrons. The van der Waals surface area contributed by atoms with Gasteiger partial charge in [-0.1, -0.05) is 25.7 Å². The fourth-order valence-corrected chi connectivity index (χ4v) is 1.73. The number of hydrogen-bond donors (Lipinski definition) is 0. The van der Waals surface area contributed by atoms with Crippen molar-refractivity contribution in [2.24, 2.45) is 0 Å². The standard InChI is InChI=1S/C8H16O.C4H8O/c1-2-4-6-8-9-7-5-3-1;1-2-4-5-3-1/h1-8H2;1-4H2. The zero-order valence-electron chi connectivity index (χ0n) is 9.30. The summed E-state index contributed by atoms with van der Waals surface area (Å²) < 4.78 is 10.3. The fourth-order valence-electron chi connectivity index (χ4n) is 1.73. The molecule has 2 nitrogen and oxygen atoms in total. The smallest absolute Gasteiger partial charge is 0.0466 e. The Morgan fingerprint density at radius 1 is 0.357 bits per heavy atom. The van der Waals surface area contributed by atoms with E-state index in [9.17, 15) is 0 Å². The lowest BCUT2D eigenvalue weighted by molar-refractivity contribution is 0.131. The first kappa shape index (κ1) is 12.0. The van der Waals surface area contributed by atoms with Gasteiger partial charge in [-0.05, 0) is 25.7 Å². The van der Waals surface area contributed by atoms with E-state index >= 15 is 0 Å². The fraction of sp³-hybridized carbons (Fsp3) is 1.00. The maximum Gasteiger partial charge on any atom is 0.0466 e. The zero-order valence-corrected chi connectivity index (χ0v) is 9.30. The van der Waals surface area contributed by atoms with Gasteiger partial charge < -0.3 is 9.47 Å². The molecule has 0 aromatic rings. The Balaban J connectivity index is 0.000000165. The summed E-state index contributed by atoms with van der Waals surface area (Å²) in [5.41, 5.74) is 0. The molecule has 0 atom stereocenters. The number of ether oxygens (including phenoxy) is 2. The Kier molecular flexibility index (Phi) is 8.12. The van der Waals surface area contributed by atoms with Crippen LogP contribution in [-0.2, 0) is 9.47 Å². The molecule has 0 amide bonds. The normalized spacial score (nSPS) is 24.0. The van der Waals surface area contributed by atoms with Gasteiger partial charge >= 0.3 is 0 Å². The highest BCUT2D eigenvalue weighted by atomic mass is 16.5. The van der Waals surface area contributed by atoms with Crippen molar-refractivity contribution in [2.45, 2.75) is 51.4 Å². The number of rotatable bonds is 0. The van der Waals surface area contributed by atoms with E-state index in [1.165, 1.54) is 51.4 Å². The Hall–Kier alpha value is -0.0800. The van der Waals surface area contributed by atoms with Crippen molar-refractivity contribution in [3.8, 4) is 0 Å². The van der Waals surface area contributed by atoms with E-state index in [2.05, 4.69) is 0 Å². The predicted molar refractivity (Wildman–Crippen MR) is 58.6 cm³/mol. The first-order valence-electron chi connectivity index (χ1n) is 6.15. The molecule has 0 radical (unpaired) electrons. The van der Waals surface area contributed by atoms with E-state index < -0.39 is 0 Å². The molecule has 0 spiro atoms. The van der Waals surface area contributed by atoms with Crippen LogP contribution in [0.1, 0.15) is 51.4 Å². The molecular weight excluding hydrogens is 176 g/mol. The Bertz CT molecular complexity index is 74.8. The summed E-state index contributed by atoms with van der Waals surface area (Å²) in [7, 11) is 0. The highest BCUT2D eigenvalue weighted by Crippen LogP contribution is 2.08. The van der Waals surface area contributed by atoms with Crippen molar-refractivity contribution in [1.29, 1.82) is 0 Å². The topological polar surface area (TPSA) is 18.5 Å². The van der Waals surface area contributed by atoms with Gasteiger partial charge in [-0.15, -0.1) is 0 Å². The highest BCUT2D eigenvalue weighted by Gasteiger charge is 1.95. The van der Waals surface area contributed by atoms with Crippen LogP contribution in [0.15, 0.2) is 0 Å². The second kappa shape index (κ2) is 9.47. The Morgan fingerprint density at radius 2 is 0.643 bits per heavy atom. The lowest BCUT2D eigenvalue weighted by Crippen LogP contribution is -1.94. The lowest BCUT2D eigenvalue weighted by Gasteiger charge is -1.97. The molecule has 0 aliphatic carbocycles. The van der Waals surface area contributed by atoms with Crippen LogP contribution in [0.4, 0.5) is 0 Å². The van der Waals surface area contributed by atoms with Gasteiger partial charge in [0, 0.05) is 26.4 Å². The van der Waals surface area contributed by atoms with Crippen LogP contribution < -0.4 is 0 Å². The average molecular weight is 200 g/mol. The van der Waals surface area contributed by atoms with Gasteiger partial charge in [0.05, 0.1) is 0 Å². The third-order valence-corrected chi connectivity index (χ3v) is 2.65. The van der Waals surface area contributed by atoms with Crippen molar-refractivity contribution in [3.05, 3.63) is 0 Å². The minimum Gasteiger partial charge on any atom is -0.381 e. The molecule has 14 heavy (non-hydrogen) atoms. The molecule has 2 heteroatoms. The van der Waals surface area contributed by atoms with Crippen LogP contribution >= 0.6 is 0 Å². The van der Waals surface area contributed by atoms with Crippen LogP contribution in [0.3, 0.4) is 0 Å². The van der Waals surface area contributed by atoms with Gasteiger partial charge in [-0.25, -0.2) is 0 Å². The van der Waals surface area contributed by atoms with Gasteiger partial charge in [0.15, 0.2) is 0 Å². The maximum absolute atomic E-state index is 5.35. The third-order valence-electron chi connectivity index (χ3n) is 2.65. The lowest BCUT2D eigenvalue weighted by atomic mass is 10.1. The molecule has 0 aromatic carbocycles. The van der Waals surface area contributed by atoms with Crippen molar-refractivity contribution < 1.29 is 9.47 Å². The molecule has 2 fully saturated rings. The molecule has 2 aliphatic heterocycles. The summed E-state index contributed by atoms with van der Waals surface area (Å²) in [6.07, 6.45) is 10.7. The molecule has 0 unspecified atom stereocenters. The summed E-state index contributed by atoms with van der Waals surface area (Å²) in [5.74, 6) is 0. The molecule has 2 heterocycles. The Morgan fingerprint density at radius 3 is 1.00 bits per heavy atom. The van der Waals surface area contributed by atoms with Crippen LogP contribution in [-0.4, -0.2) is 26.4 Å². The van der Waals surface area contributed by atoms with E-state index in [1.807, 2.05) is 0 Å². The second-order valence-electron chi connectivity index (χ2n) is 4.05. The monoisotopic (exact) mass is 200 g/mol. The summed E-state index contributed by atoms with van der Waals surface area (Å²) >= 11 is 0. The van der Waals surface area contributed by atoms with Crippen molar-refractivity contribution >= 4 is 0 Å². The van der Waals surface area contributed by atoms with E-state index in [0.717, 1.165) is 26.4 Å². The molecule has 0 saturated carbocycles. The predicted octanol–water partition coefficient (Wildman–Crippen LogP) is 3.15. The highest BCUT2D eigenvalue weighted by molar-refractivity contribution is 4.48.